The summed E-state index contributed by atoms with van der Waals surface area (Å²) in [7, 11) is 0. The van der Waals surface area contributed by atoms with Crippen LogP contribution >= 0.6 is 0 Å². The first-order valence-corrected chi connectivity index (χ1v) is 6.74. The van der Waals surface area contributed by atoms with Gasteiger partial charge in [-0.25, -0.2) is 0 Å². The molecule has 1 N–H and O–H groups in total. The van der Waals surface area contributed by atoms with Gasteiger partial charge in [-0.2, -0.15) is 13.2 Å². The Morgan fingerprint density at radius 1 is 1.05 bits per heavy atom. The van der Waals surface area contributed by atoms with Crippen molar-refractivity contribution < 1.29 is 13.2 Å². The molecule has 0 radical (unpaired) electrons. The molecule has 1 aromatic heterocycles. The van der Waals surface area contributed by atoms with Crippen molar-refractivity contribution in [2.75, 3.05) is 0 Å². The summed E-state index contributed by atoms with van der Waals surface area (Å²) in [4.78, 5) is 4.18. The van der Waals surface area contributed by atoms with Gasteiger partial charge in [0, 0.05) is 18.3 Å². The Hall–Kier alpha value is -1.88. The smallest absolute Gasteiger partial charge is 0.302 e. The first-order chi connectivity index (χ1) is 9.96. The fourth-order valence-electron chi connectivity index (χ4n) is 2.21. The molecule has 0 aliphatic heterocycles. The molecule has 21 heavy (non-hydrogen) atoms. The van der Waals surface area contributed by atoms with E-state index < -0.39 is 18.6 Å². The van der Waals surface area contributed by atoms with Crippen LogP contribution in [0.5, 0.6) is 0 Å². The number of pyridine rings is 1. The van der Waals surface area contributed by atoms with Crippen LogP contribution in [0.2, 0.25) is 0 Å². The lowest BCUT2D eigenvalue weighted by molar-refractivity contribution is -0.140. The van der Waals surface area contributed by atoms with Crippen LogP contribution in [0.25, 0.3) is 0 Å². The zero-order chi connectivity index (χ0) is 15.3. The highest BCUT2D eigenvalue weighted by Crippen LogP contribution is 2.31. The molecular weight excluding hydrogens is 277 g/mol. The van der Waals surface area contributed by atoms with E-state index in [1.165, 1.54) is 0 Å². The maximum Gasteiger partial charge on any atom is 0.390 e. The van der Waals surface area contributed by atoms with E-state index in [0.717, 1.165) is 5.69 Å². The number of alkyl halides is 3. The molecule has 0 fully saturated rings. The number of hydrogen-bond acceptors (Lipinski definition) is 2. The Kier molecular flexibility index (Phi) is 4.96. The maximum atomic E-state index is 12.8. The maximum absolute atomic E-state index is 12.8. The third-order valence-electron chi connectivity index (χ3n) is 3.22. The van der Waals surface area contributed by atoms with E-state index in [1.54, 1.807) is 48.7 Å². The Bertz CT molecular complexity index is 540. The van der Waals surface area contributed by atoms with Crippen LogP contribution in [0.3, 0.4) is 0 Å². The predicted octanol–water partition coefficient (Wildman–Crippen LogP) is 4.43. The minimum absolute atomic E-state index is 0.265. The van der Waals surface area contributed by atoms with Crippen molar-refractivity contribution in [3.63, 3.8) is 0 Å². The zero-order valence-corrected chi connectivity index (χ0v) is 11.6. The van der Waals surface area contributed by atoms with Crippen LogP contribution in [-0.2, 0) is 0 Å². The highest BCUT2D eigenvalue weighted by molar-refractivity contribution is 5.20. The lowest BCUT2D eigenvalue weighted by atomic mass is 10.0. The fourth-order valence-corrected chi connectivity index (χ4v) is 2.21. The van der Waals surface area contributed by atoms with Crippen molar-refractivity contribution in [1.29, 1.82) is 0 Å². The number of benzene rings is 1. The number of halogens is 3. The van der Waals surface area contributed by atoms with Crippen LogP contribution < -0.4 is 5.32 Å². The fraction of sp³-hybridized carbons (Fsp3) is 0.312. The van der Waals surface area contributed by atoms with Gasteiger partial charge in [0.25, 0.3) is 0 Å². The summed E-state index contributed by atoms with van der Waals surface area (Å²) >= 11 is 0. The Morgan fingerprint density at radius 2 is 1.71 bits per heavy atom. The summed E-state index contributed by atoms with van der Waals surface area (Å²) in [6.45, 7) is 1.81. The highest BCUT2D eigenvalue weighted by atomic mass is 19.4. The molecular formula is C16H17F3N2. The van der Waals surface area contributed by atoms with Gasteiger partial charge in [-0.1, -0.05) is 36.4 Å². The summed E-state index contributed by atoms with van der Waals surface area (Å²) in [5, 5.41) is 3.02. The van der Waals surface area contributed by atoms with Crippen LogP contribution in [0.15, 0.2) is 54.7 Å². The van der Waals surface area contributed by atoms with Gasteiger partial charge in [0.05, 0.1) is 12.1 Å². The Balaban J connectivity index is 2.16. The first kappa shape index (κ1) is 15.5. The normalized spacial score (nSPS) is 14.7. The van der Waals surface area contributed by atoms with Crippen molar-refractivity contribution in [3.8, 4) is 0 Å². The van der Waals surface area contributed by atoms with E-state index in [9.17, 15) is 13.2 Å². The van der Waals surface area contributed by atoms with E-state index >= 15 is 0 Å². The molecule has 1 heterocycles. The largest absolute Gasteiger partial charge is 0.390 e. The van der Waals surface area contributed by atoms with Gasteiger partial charge >= 0.3 is 6.18 Å². The molecule has 2 atom stereocenters. The van der Waals surface area contributed by atoms with E-state index in [-0.39, 0.29) is 6.04 Å². The molecule has 2 nitrogen and oxygen atoms in total. The number of nitrogens with one attached hydrogen (secondary N) is 1. The molecule has 1 aromatic carbocycles. The van der Waals surface area contributed by atoms with Crippen molar-refractivity contribution >= 4 is 0 Å². The minimum Gasteiger partial charge on any atom is -0.302 e. The van der Waals surface area contributed by atoms with Gasteiger partial charge in [-0.15, -0.1) is 0 Å². The van der Waals surface area contributed by atoms with Crippen LogP contribution in [0.1, 0.15) is 36.7 Å². The van der Waals surface area contributed by atoms with Crippen LogP contribution in [-0.4, -0.2) is 11.2 Å². The molecule has 112 valence electrons. The van der Waals surface area contributed by atoms with Gasteiger partial charge < -0.3 is 5.32 Å². The molecule has 0 bridgehead atoms. The Labute approximate surface area is 122 Å². The van der Waals surface area contributed by atoms with Gasteiger partial charge in [-0.3, -0.25) is 4.98 Å². The third kappa shape index (κ3) is 4.86. The predicted molar refractivity (Wildman–Crippen MR) is 75.6 cm³/mol. The van der Waals surface area contributed by atoms with Gasteiger partial charge in [0.2, 0.25) is 0 Å². The number of rotatable bonds is 5. The molecule has 0 saturated carbocycles. The average Bonchev–Trinajstić information content (AvgIpc) is 2.47. The number of aromatic nitrogens is 1. The summed E-state index contributed by atoms with van der Waals surface area (Å²) in [6.07, 6.45) is -3.50. The van der Waals surface area contributed by atoms with Crippen molar-refractivity contribution in [1.82, 2.24) is 10.3 Å². The van der Waals surface area contributed by atoms with Gasteiger partial charge in [0.15, 0.2) is 0 Å². The minimum atomic E-state index is -4.22. The lowest BCUT2D eigenvalue weighted by Gasteiger charge is -2.24. The number of hydrogen-bond donors (Lipinski definition) is 1. The molecule has 0 amide bonds. The van der Waals surface area contributed by atoms with E-state index in [4.69, 9.17) is 0 Å². The zero-order valence-electron chi connectivity index (χ0n) is 11.6. The van der Waals surface area contributed by atoms with Crippen LogP contribution in [0.4, 0.5) is 13.2 Å². The average molecular weight is 294 g/mol. The number of nitrogens with zero attached hydrogens (tertiary/aromatic N) is 1. The van der Waals surface area contributed by atoms with E-state index in [2.05, 4.69) is 10.3 Å². The molecule has 0 aliphatic rings. The molecule has 2 rings (SSSR count). The van der Waals surface area contributed by atoms with Crippen molar-refractivity contribution in [3.05, 3.63) is 66.0 Å². The summed E-state index contributed by atoms with van der Waals surface area (Å²) in [6, 6.07) is 13.0. The van der Waals surface area contributed by atoms with E-state index in [1.807, 2.05) is 13.0 Å². The second kappa shape index (κ2) is 6.72. The lowest BCUT2D eigenvalue weighted by Crippen LogP contribution is -2.29. The highest BCUT2D eigenvalue weighted by Gasteiger charge is 2.33. The first-order valence-electron chi connectivity index (χ1n) is 6.74. The molecule has 0 saturated heterocycles. The third-order valence-corrected chi connectivity index (χ3v) is 3.22. The standard InChI is InChI=1S/C16H17F3N2/c1-12(14-9-5-6-10-20-14)21-15(11-16(17,18)19)13-7-3-2-4-8-13/h2-10,12,15,21H,11H2,1H3. The van der Waals surface area contributed by atoms with Gasteiger partial charge in [0.1, 0.15) is 0 Å². The summed E-state index contributed by atoms with van der Waals surface area (Å²) in [5.74, 6) is 0. The van der Waals surface area contributed by atoms with E-state index in [0.29, 0.717) is 5.56 Å². The second-order valence-electron chi connectivity index (χ2n) is 4.93. The molecule has 5 heteroatoms. The van der Waals surface area contributed by atoms with Crippen molar-refractivity contribution in [2.24, 2.45) is 0 Å². The molecule has 2 aromatic rings. The summed E-state index contributed by atoms with van der Waals surface area (Å²) in [5.41, 5.74) is 1.35. The SMILES string of the molecule is CC(NC(CC(F)(F)F)c1ccccc1)c1ccccn1. The quantitative estimate of drug-likeness (QED) is 0.882. The molecule has 2 unspecified atom stereocenters. The summed E-state index contributed by atoms with van der Waals surface area (Å²) < 4.78 is 38.4. The Morgan fingerprint density at radius 3 is 2.29 bits per heavy atom. The second-order valence-corrected chi connectivity index (χ2v) is 4.93. The molecule has 0 spiro atoms. The monoisotopic (exact) mass is 294 g/mol. The van der Waals surface area contributed by atoms with Crippen molar-refractivity contribution in [2.45, 2.75) is 31.6 Å². The topological polar surface area (TPSA) is 24.9 Å². The van der Waals surface area contributed by atoms with Gasteiger partial charge in [-0.05, 0) is 24.6 Å². The molecule has 0 aliphatic carbocycles. The van der Waals surface area contributed by atoms with Crippen LogP contribution in [0, 0.1) is 0 Å².